The van der Waals surface area contributed by atoms with Gasteiger partial charge in [-0.25, -0.2) is 0 Å². The van der Waals surface area contributed by atoms with E-state index in [-0.39, 0.29) is 5.91 Å². The molecular weight excluding hydrogens is 348 g/mol. The van der Waals surface area contributed by atoms with Gasteiger partial charge in [0, 0.05) is 34.1 Å². The maximum Gasteiger partial charge on any atom is 0.252 e. The number of hydrogen-bond acceptors (Lipinski definition) is 3. The average molecular weight is 371 g/mol. The van der Waals surface area contributed by atoms with E-state index in [1.807, 2.05) is 13.8 Å². The molecule has 0 saturated carbocycles. The first-order valence-electron chi connectivity index (χ1n) is 8.75. The Morgan fingerprint density at radius 3 is 2.73 bits per heavy atom. The number of nitrogens with one attached hydrogen (secondary N) is 1. The Morgan fingerprint density at radius 2 is 1.96 bits per heavy atom. The first-order valence-corrected chi connectivity index (χ1v) is 9.13. The number of carbonyl (C=O) groups excluding carboxylic acids is 1. The molecule has 0 bridgehead atoms. The molecule has 0 spiro atoms. The van der Waals surface area contributed by atoms with E-state index < -0.39 is 0 Å². The highest BCUT2D eigenvalue weighted by atomic mass is 35.5. The standard InChI is InChI=1S/C21H23ClN2O2/c1-13-9-15-7-5-4-6-8-17-18(10-16(22)11-20(17)26-3)21(25)23-12-19(15)14(2)24-13/h4,6,9-11H,5,7-8,12H2,1-3H3,(H,23,25)/b6-4-. The Hall–Kier alpha value is -2.33. The molecule has 26 heavy (non-hydrogen) atoms. The number of methoxy groups -OCH3 is 1. The summed E-state index contributed by atoms with van der Waals surface area (Å²) < 4.78 is 5.45. The highest BCUT2D eigenvalue weighted by molar-refractivity contribution is 6.31. The molecule has 2 heterocycles. The van der Waals surface area contributed by atoms with Gasteiger partial charge in [-0.1, -0.05) is 23.8 Å². The van der Waals surface area contributed by atoms with Crippen LogP contribution in [0.1, 0.15) is 44.9 Å². The number of hydrogen-bond donors (Lipinski definition) is 1. The van der Waals surface area contributed by atoms with E-state index >= 15 is 0 Å². The summed E-state index contributed by atoms with van der Waals surface area (Å²) >= 11 is 6.19. The van der Waals surface area contributed by atoms with Crippen molar-refractivity contribution in [3.05, 3.63) is 69.0 Å². The molecule has 0 aliphatic carbocycles. The van der Waals surface area contributed by atoms with Gasteiger partial charge in [-0.05, 0) is 62.4 Å². The molecule has 1 aromatic heterocycles. The van der Waals surface area contributed by atoms with Crippen molar-refractivity contribution in [2.24, 2.45) is 0 Å². The van der Waals surface area contributed by atoms with E-state index in [4.69, 9.17) is 16.3 Å². The van der Waals surface area contributed by atoms with Crippen molar-refractivity contribution >= 4 is 17.5 Å². The molecule has 5 heteroatoms. The van der Waals surface area contributed by atoms with Crippen LogP contribution in [0.3, 0.4) is 0 Å². The molecule has 4 nitrogen and oxygen atoms in total. The van der Waals surface area contributed by atoms with Crippen LogP contribution in [0, 0.1) is 13.8 Å². The number of ether oxygens (including phenoxy) is 1. The van der Waals surface area contributed by atoms with E-state index in [9.17, 15) is 4.79 Å². The second-order valence-electron chi connectivity index (χ2n) is 6.52. The molecule has 0 unspecified atom stereocenters. The molecule has 0 fully saturated rings. The minimum Gasteiger partial charge on any atom is -0.496 e. The second-order valence-corrected chi connectivity index (χ2v) is 6.95. The average Bonchev–Trinajstić information content (AvgIpc) is 2.59. The monoisotopic (exact) mass is 370 g/mol. The summed E-state index contributed by atoms with van der Waals surface area (Å²) in [5, 5.41) is 3.52. The molecular formula is C21H23ClN2O2. The van der Waals surface area contributed by atoms with Crippen LogP contribution in [0.25, 0.3) is 0 Å². The lowest BCUT2D eigenvalue weighted by Crippen LogP contribution is -2.25. The van der Waals surface area contributed by atoms with Crippen molar-refractivity contribution in [1.29, 1.82) is 0 Å². The number of benzene rings is 1. The van der Waals surface area contributed by atoms with Gasteiger partial charge in [0.05, 0.1) is 7.11 Å². The van der Waals surface area contributed by atoms with Crippen molar-refractivity contribution in [2.75, 3.05) is 7.11 Å². The number of rotatable bonds is 1. The van der Waals surface area contributed by atoms with Crippen molar-refractivity contribution < 1.29 is 9.53 Å². The molecule has 1 aromatic carbocycles. The molecule has 3 rings (SSSR count). The zero-order chi connectivity index (χ0) is 18.7. The van der Waals surface area contributed by atoms with Crippen LogP contribution < -0.4 is 10.1 Å². The van der Waals surface area contributed by atoms with Crippen molar-refractivity contribution in [3.63, 3.8) is 0 Å². The SMILES string of the molecule is COc1cc(Cl)cc2c1C/C=C\CCc1cc(C)nc(C)c1CNC2=O. The Morgan fingerprint density at radius 1 is 1.15 bits per heavy atom. The largest absolute Gasteiger partial charge is 0.496 e. The van der Waals surface area contributed by atoms with Crippen LogP contribution in [0.15, 0.2) is 30.4 Å². The molecule has 0 saturated heterocycles. The van der Waals surface area contributed by atoms with Gasteiger partial charge in [-0.3, -0.25) is 9.78 Å². The number of pyridine rings is 1. The fourth-order valence-electron chi connectivity index (χ4n) is 3.43. The summed E-state index contributed by atoms with van der Waals surface area (Å²) in [6.07, 6.45) is 6.74. The van der Waals surface area contributed by atoms with Gasteiger partial charge in [-0.15, -0.1) is 0 Å². The fraction of sp³-hybridized carbons (Fsp3) is 0.333. The molecule has 0 atom stereocenters. The molecule has 2 aromatic rings. The lowest BCUT2D eigenvalue weighted by atomic mass is 9.98. The number of amides is 1. The molecule has 1 aliphatic rings. The van der Waals surface area contributed by atoms with Gasteiger partial charge >= 0.3 is 0 Å². The maximum absolute atomic E-state index is 12.9. The number of carbonyl (C=O) groups is 1. The van der Waals surface area contributed by atoms with Crippen LogP contribution in [0.4, 0.5) is 0 Å². The Bertz CT molecular complexity index is 875. The summed E-state index contributed by atoms with van der Waals surface area (Å²) in [7, 11) is 1.59. The normalized spacial score (nSPS) is 15.8. The van der Waals surface area contributed by atoms with Crippen molar-refractivity contribution in [1.82, 2.24) is 10.3 Å². The smallest absolute Gasteiger partial charge is 0.252 e. The van der Waals surface area contributed by atoms with Crippen LogP contribution in [0.2, 0.25) is 5.02 Å². The van der Waals surface area contributed by atoms with Gasteiger partial charge in [0.15, 0.2) is 0 Å². The van der Waals surface area contributed by atoms with Crippen LogP contribution >= 0.6 is 11.6 Å². The van der Waals surface area contributed by atoms with E-state index in [0.29, 0.717) is 29.3 Å². The third-order valence-corrected chi connectivity index (χ3v) is 4.90. The quantitative estimate of drug-likeness (QED) is 0.760. The van der Waals surface area contributed by atoms with Gasteiger partial charge in [-0.2, -0.15) is 0 Å². The third-order valence-electron chi connectivity index (χ3n) is 4.68. The summed E-state index contributed by atoms with van der Waals surface area (Å²) in [6.45, 7) is 4.45. The van der Waals surface area contributed by atoms with Crippen molar-refractivity contribution in [2.45, 2.75) is 39.7 Å². The predicted molar refractivity (Wildman–Crippen MR) is 104 cm³/mol. The Kier molecular flexibility index (Phi) is 5.62. The van der Waals surface area contributed by atoms with E-state index in [1.165, 1.54) is 5.56 Å². The number of halogens is 1. The first-order chi connectivity index (χ1) is 12.5. The lowest BCUT2D eigenvalue weighted by molar-refractivity contribution is 0.0949. The molecule has 1 N–H and O–H groups in total. The van der Waals surface area contributed by atoms with E-state index in [1.54, 1.807) is 19.2 Å². The molecule has 1 amide bonds. The Balaban J connectivity index is 2.03. The number of aryl methyl sites for hydroxylation is 3. The number of aromatic nitrogens is 1. The fourth-order valence-corrected chi connectivity index (χ4v) is 3.64. The lowest BCUT2D eigenvalue weighted by Gasteiger charge is -2.17. The minimum absolute atomic E-state index is 0.152. The summed E-state index contributed by atoms with van der Waals surface area (Å²) in [5.41, 5.74) is 5.71. The number of nitrogens with zero attached hydrogens (tertiary/aromatic N) is 1. The summed E-state index contributed by atoms with van der Waals surface area (Å²) in [6, 6.07) is 5.57. The first kappa shape index (κ1) is 18.5. The minimum atomic E-state index is -0.152. The molecule has 1 aliphatic heterocycles. The van der Waals surface area contributed by atoms with Gasteiger partial charge in [0.2, 0.25) is 0 Å². The molecule has 136 valence electrons. The topological polar surface area (TPSA) is 51.2 Å². The summed E-state index contributed by atoms with van der Waals surface area (Å²) in [4.78, 5) is 17.4. The molecule has 0 radical (unpaired) electrons. The van der Waals surface area contributed by atoms with Gasteiger partial charge in [0.25, 0.3) is 5.91 Å². The maximum atomic E-state index is 12.9. The zero-order valence-electron chi connectivity index (χ0n) is 15.4. The van der Waals surface area contributed by atoms with Gasteiger partial charge < -0.3 is 10.1 Å². The van der Waals surface area contributed by atoms with E-state index in [2.05, 4.69) is 28.5 Å². The summed E-state index contributed by atoms with van der Waals surface area (Å²) in [5.74, 6) is 0.485. The highest BCUT2D eigenvalue weighted by Gasteiger charge is 2.18. The number of fused-ring (bicyclic) bond motifs is 2. The number of allylic oxidation sites excluding steroid dienone is 2. The zero-order valence-corrected chi connectivity index (χ0v) is 16.1. The van der Waals surface area contributed by atoms with Crippen molar-refractivity contribution in [3.8, 4) is 5.75 Å². The Labute approximate surface area is 159 Å². The van der Waals surface area contributed by atoms with Crippen LogP contribution in [-0.2, 0) is 19.4 Å². The third kappa shape index (κ3) is 3.91. The predicted octanol–water partition coefficient (Wildman–Crippen LogP) is 4.34. The van der Waals surface area contributed by atoms with Crippen LogP contribution in [-0.4, -0.2) is 18.0 Å². The highest BCUT2D eigenvalue weighted by Crippen LogP contribution is 2.29. The van der Waals surface area contributed by atoms with Gasteiger partial charge in [0.1, 0.15) is 5.75 Å². The van der Waals surface area contributed by atoms with E-state index in [0.717, 1.165) is 35.4 Å². The second kappa shape index (κ2) is 7.92. The van der Waals surface area contributed by atoms with Crippen LogP contribution in [0.5, 0.6) is 5.75 Å².